The Labute approximate surface area is 167 Å². The fourth-order valence-electron chi connectivity index (χ4n) is 3.18. The highest BCUT2D eigenvalue weighted by Gasteiger charge is 2.28. The Hall–Kier alpha value is -2.62. The van der Waals surface area contributed by atoms with E-state index in [1.165, 1.54) is 5.56 Å². The molecule has 0 aliphatic heterocycles. The SMILES string of the molecule is CC(C)c1ccc(CCC(=O)NC(Cc2ccccc2)C(=O)NC2CC2)cc1. The third-order valence-corrected chi connectivity index (χ3v) is 5.15. The minimum Gasteiger partial charge on any atom is -0.352 e. The lowest BCUT2D eigenvalue weighted by molar-refractivity contribution is -0.129. The number of aryl methyl sites for hydroxylation is 1. The fraction of sp³-hybridized carbons (Fsp3) is 0.417. The molecule has 148 valence electrons. The maximum absolute atomic E-state index is 12.6. The van der Waals surface area contributed by atoms with E-state index in [1.807, 2.05) is 30.3 Å². The summed E-state index contributed by atoms with van der Waals surface area (Å²) in [4.78, 5) is 25.1. The maximum Gasteiger partial charge on any atom is 0.243 e. The molecular weight excluding hydrogens is 348 g/mol. The van der Waals surface area contributed by atoms with Crippen LogP contribution in [0.15, 0.2) is 54.6 Å². The van der Waals surface area contributed by atoms with Crippen LogP contribution >= 0.6 is 0 Å². The number of carbonyl (C=O) groups excluding carboxylic acids is 2. The van der Waals surface area contributed by atoms with Gasteiger partial charge in [0.1, 0.15) is 6.04 Å². The summed E-state index contributed by atoms with van der Waals surface area (Å²) in [6, 6.07) is 18.0. The molecule has 2 N–H and O–H groups in total. The van der Waals surface area contributed by atoms with Crippen molar-refractivity contribution in [3.8, 4) is 0 Å². The van der Waals surface area contributed by atoms with E-state index in [-0.39, 0.29) is 17.9 Å². The van der Waals surface area contributed by atoms with Crippen LogP contribution in [-0.2, 0) is 22.4 Å². The largest absolute Gasteiger partial charge is 0.352 e. The lowest BCUT2D eigenvalue weighted by atomic mass is 10.00. The van der Waals surface area contributed by atoms with E-state index in [0.29, 0.717) is 25.2 Å². The third-order valence-electron chi connectivity index (χ3n) is 5.15. The Balaban J connectivity index is 1.55. The molecule has 0 spiro atoms. The third kappa shape index (κ3) is 6.22. The maximum atomic E-state index is 12.6. The highest BCUT2D eigenvalue weighted by atomic mass is 16.2. The van der Waals surface area contributed by atoms with Gasteiger partial charge in [-0.2, -0.15) is 0 Å². The molecule has 2 amide bonds. The second-order valence-corrected chi connectivity index (χ2v) is 7.99. The summed E-state index contributed by atoms with van der Waals surface area (Å²) in [7, 11) is 0. The molecule has 2 aromatic rings. The minimum atomic E-state index is -0.529. The zero-order chi connectivity index (χ0) is 19.9. The highest BCUT2D eigenvalue weighted by Crippen LogP contribution is 2.19. The van der Waals surface area contributed by atoms with Gasteiger partial charge in [-0.25, -0.2) is 0 Å². The van der Waals surface area contributed by atoms with Gasteiger partial charge in [-0.15, -0.1) is 0 Å². The predicted molar refractivity (Wildman–Crippen MR) is 112 cm³/mol. The van der Waals surface area contributed by atoms with Gasteiger partial charge in [-0.1, -0.05) is 68.4 Å². The number of nitrogens with one attached hydrogen (secondary N) is 2. The van der Waals surface area contributed by atoms with Crippen LogP contribution in [0, 0.1) is 0 Å². The molecule has 0 aromatic heterocycles. The van der Waals surface area contributed by atoms with Gasteiger partial charge in [0.25, 0.3) is 0 Å². The van der Waals surface area contributed by atoms with Gasteiger partial charge in [0.2, 0.25) is 11.8 Å². The average molecular weight is 379 g/mol. The smallest absolute Gasteiger partial charge is 0.243 e. The van der Waals surface area contributed by atoms with Crippen molar-refractivity contribution in [1.82, 2.24) is 10.6 Å². The average Bonchev–Trinajstić information content (AvgIpc) is 3.51. The Kier molecular flexibility index (Phi) is 6.85. The van der Waals surface area contributed by atoms with Gasteiger partial charge in [-0.3, -0.25) is 9.59 Å². The van der Waals surface area contributed by atoms with E-state index in [0.717, 1.165) is 24.0 Å². The molecule has 1 fully saturated rings. The van der Waals surface area contributed by atoms with E-state index >= 15 is 0 Å². The molecule has 0 bridgehead atoms. The Morgan fingerprint density at radius 3 is 2.25 bits per heavy atom. The topological polar surface area (TPSA) is 58.2 Å². The van der Waals surface area contributed by atoms with Crippen molar-refractivity contribution < 1.29 is 9.59 Å². The molecule has 1 aliphatic carbocycles. The van der Waals surface area contributed by atoms with Crippen LogP contribution in [0.1, 0.15) is 55.7 Å². The van der Waals surface area contributed by atoms with E-state index in [2.05, 4.69) is 48.7 Å². The van der Waals surface area contributed by atoms with Crippen molar-refractivity contribution in [3.05, 3.63) is 71.3 Å². The van der Waals surface area contributed by atoms with Crippen LogP contribution in [0.2, 0.25) is 0 Å². The molecule has 4 nitrogen and oxygen atoms in total. The predicted octanol–water partition coefficient (Wildman–Crippen LogP) is 3.75. The second-order valence-electron chi connectivity index (χ2n) is 7.99. The molecule has 4 heteroatoms. The highest BCUT2D eigenvalue weighted by molar-refractivity contribution is 5.88. The van der Waals surface area contributed by atoms with Gasteiger partial charge in [-0.05, 0) is 41.9 Å². The van der Waals surface area contributed by atoms with Crippen molar-refractivity contribution in [2.75, 3.05) is 0 Å². The van der Waals surface area contributed by atoms with Crippen molar-refractivity contribution in [3.63, 3.8) is 0 Å². The Morgan fingerprint density at radius 2 is 1.64 bits per heavy atom. The zero-order valence-electron chi connectivity index (χ0n) is 16.8. The molecule has 28 heavy (non-hydrogen) atoms. The molecule has 0 heterocycles. The van der Waals surface area contributed by atoms with Crippen LogP contribution in [0.5, 0.6) is 0 Å². The Morgan fingerprint density at radius 1 is 0.964 bits per heavy atom. The molecular formula is C24H30N2O2. The van der Waals surface area contributed by atoms with Gasteiger partial charge in [0, 0.05) is 18.9 Å². The van der Waals surface area contributed by atoms with Gasteiger partial charge in [0.15, 0.2) is 0 Å². The summed E-state index contributed by atoms with van der Waals surface area (Å²) >= 11 is 0. The number of rotatable bonds is 9. The first-order chi connectivity index (χ1) is 13.5. The molecule has 1 saturated carbocycles. The van der Waals surface area contributed by atoms with E-state index in [9.17, 15) is 9.59 Å². The van der Waals surface area contributed by atoms with Crippen molar-refractivity contribution in [2.45, 2.75) is 64.0 Å². The van der Waals surface area contributed by atoms with E-state index in [4.69, 9.17) is 0 Å². The molecule has 0 radical (unpaired) electrons. The number of amides is 2. The van der Waals surface area contributed by atoms with Crippen LogP contribution in [0.25, 0.3) is 0 Å². The Bertz CT molecular complexity index is 780. The number of hydrogen-bond donors (Lipinski definition) is 2. The molecule has 1 atom stereocenters. The van der Waals surface area contributed by atoms with Crippen LogP contribution in [0.4, 0.5) is 0 Å². The van der Waals surface area contributed by atoms with Crippen molar-refractivity contribution in [2.24, 2.45) is 0 Å². The standard InChI is InChI=1S/C24H30N2O2/c1-17(2)20-11-8-18(9-12-20)10-15-23(27)26-22(24(28)25-21-13-14-21)16-19-6-4-3-5-7-19/h3-9,11-12,17,21-22H,10,13-16H2,1-2H3,(H,25,28)(H,26,27). The minimum absolute atomic E-state index is 0.0824. The number of carbonyl (C=O) groups is 2. The lowest BCUT2D eigenvalue weighted by Crippen LogP contribution is -2.48. The first-order valence-corrected chi connectivity index (χ1v) is 10.2. The van der Waals surface area contributed by atoms with Crippen LogP contribution in [0.3, 0.4) is 0 Å². The van der Waals surface area contributed by atoms with E-state index in [1.54, 1.807) is 0 Å². The summed E-state index contributed by atoms with van der Waals surface area (Å²) in [5.74, 6) is 0.335. The van der Waals surface area contributed by atoms with Crippen LogP contribution in [-0.4, -0.2) is 23.9 Å². The van der Waals surface area contributed by atoms with Crippen LogP contribution < -0.4 is 10.6 Å². The monoisotopic (exact) mass is 378 g/mol. The summed E-state index contributed by atoms with van der Waals surface area (Å²) in [6.07, 6.45) is 3.62. The summed E-state index contributed by atoms with van der Waals surface area (Å²) in [6.45, 7) is 4.34. The molecule has 1 unspecified atom stereocenters. The molecule has 0 saturated heterocycles. The number of benzene rings is 2. The first-order valence-electron chi connectivity index (χ1n) is 10.2. The molecule has 1 aliphatic rings. The fourth-order valence-corrected chi connectivity index (χ4v) is 3.18. The quantitative estimate of drug-likeness (QED) is 0.698. The normalized spacial score (nSPS) is 14.5. The van der Waals surface area contributed by atoms with Gasteiger partial charge < -0.3 is 10.6 Å². The van der Waals surface area contributed by atoms with E-state index < -0.39 is 6.04 Å². The number of hydrogen-bond acceptors (Lipinski definition) is 2. The summed E-state index contributed by atoms with van der Waals surface area (Å²) in [5, 5.41) is 5.96. The zero-order valence-corrected chi connectivity index (χ0v) is 16.8. The lowest BCUT2D eigenvalue weighted by Gasteiger charge is -2.19. The molecule has 2 aromatic carbocycles. The first kappa shape index (κ1) is 20.1. The second kappa shape index (κ2) is 9.54. The van der Waals surface area contributed by atoms with Crippen molar-refractivity contribution >= 4 is 11.8 Å². The summed E-state index contributed by atoms with van der Waals surface area (Å²) in [5.41, 5.74) is 3.48. The van der Waals surface area contributed by atoms with Gasteiger partial charge in [0.05, 0.1) is 0 Å². The summed E-state index contributed by atoms with van der Waals surface area (Å²) < 4.78 is 0. The molecule has 3 rings (SSSR count). The van der Waals surface area contributed by atoms with Crippen molar-refractivity contribution in [1.29, 1.82) is 0 Å². The van der Waals surface area contributed by atoms with Gasteiger partial charge >= 0.3 is 0 Å².